The second kappa shape index (κ2) is 8.32. The molecule has 0 amide bonds. The van der Waals surface area contributed by atoms with Gasteiger partial charge in [-0.3, -0.25) is 0 Å². The molecular formula is C22H30N2S. The highest BCUT2D eigenvalue weighted by atomic mass is 32.1. The summed E-state index contributed by atoms with van der Waals surface area (Å²) in [5.74, 6) is 2.74. The van der Waals surface area contributed by atoms with Crippen LogP contribution in [0.1, 0.15) is 68.0 Å². The fraction of sp³-hybridized carbons (Fsp3) is 0.636. The van der Waals surface area contributed by atoms with Gasteiger partial charge in [-0.05, 0) is 55.4 Å². The molecule has 2 nitrogen and oxygen atoms in total. The van der Waals surface area contributed by atoms with Gasteiger partial charge in [0, 0.05) is 10.5 Å². The van der Waals surface area contributed by atoms with Crippen LogP contribution in [0.5, 0.6) is 0 Å². The van der Waals surface area contributed by atoms with E-state index in [0.717, 1.165) is 37.2 Å². The average molecular weight is 355 g/mol. The van der Waals surface area contributed by atoms with E-state index < -0.39 is 0 Å². The number of aromatic nitrogens is 1. The number of nitriles is 1. The standard InChI is InChI=1S/C22H30N2S/c1-15(2)18-8-10-20-21(13-18)25-22(24-20)11-9-19(12-16(3)14-23)17-6-4-5-7-17/h8,10,15,17-19H,3-7,9,11-13H2,1-2H3. The van der Waals surface area contributed by atoms with E-state index in [1.807, 2.05) is 11.3 Å². The third-order valence-electron chi connectivity index (χ3n) is 6.01. The number of rotatable bonds is 7. The molecule has 1 aromatic rings. The molecule has 0 N–H and O–H groups in total. The molecule has 1 fully saturated rings. The zero-order valence-electron chi connectivity index (χ0n) is 15.6. The lowest BCUT2D eigenvalue weighted by Crippen LogP contribution is -2.13. The topological polar surface area (TPSA) is 36.7 Å². The van der Waals surface area contributed by atoms with Crippen LogP contribution in [0, 0.1) is 35.0 Å². The van der Waals surface area contributed by atoms with Gasteiger partial charge >= 0.3 is 0 Å². The van der Waals surface area contributed by atoms with Crippen LogP contribution in [-0.2, 0) is 12.8 Å². The minimum atomic E-state index is 0.606. The van der Waals surface area contributed by atoms with Crippen molar-refractivity contribution in [3.63, 3.8) is 0 Å². The Morgan fingerprint density at radius 2 is 2.16 bits per heavy atom. The number of thiazole rings is 1. The molecule has 3 rings (SSSR count). The highest BCUT2D eigenvalue weighted by Gasteiger charge is 2.26. The Morgan fingerprint density at radius 1 is 1.40 bits per heavy atom. The molecule has 0 bridgehead atoms. The van der Waals surface area contributed by atoms with Crippen molar-refractivity contribution < 1.29 is 0 Å². The fourth-order valence-electron chi connectivity index (χ4n) is 4.36. The van der Waals surface area contributed by atoms with Crippen molar-refractivity contribution >= 4 is 17.4 Å². The van der Waals surface area contributed by atoms with Gasteiger partial charge in [0.05, 0.1) is 16.8 Å². The van der Waals surface area contributed by atoms with Gasteiger partial charge in [0.2, 0.25) is 0 Å². The number of hydrogen-bond acceptors (Lipinski definition) is 3. The van der Waals surface area contributed by atoms with Crippen molar-refractivity contribution in [2.24, 2.45) is 23.7 Å². The normalized spacial score (nSPS) is 21.3. The molecule has 0 radical (unpaired) electrons. The number of allylic oxidation sites excluding steroid dienone is 2. The first-order chi connectivity index (χ1) is 12.1. The Hall–Kier alpha value is -1.40. The van der Waals surface area contributed by atoms with E-state index in [1.165, 1.54) is 41.3 Å². The third-order valence-corrected chi connectivity index (χ3v) is 7.17. The van der Waals surface area contributed by atoms with Crippen molar-refractivity contribution in [1.82, 2.24) is 4.98 Å². The molecule has 0 saturated heterocycles. The molecule has 1 saturated carbocycles. The molecule has 1 heterocycles. The molecule has 1 aromatic heterocycles. The Morgan fingerprint density at radius 3 is 2.84 bits per heavy atom. The first-order valence-electron chi connectivity index (χ1n) is 9.81. The van der Waals surface area contributed by atoms with Crippen molar-refractivity contribution in [2.75, 3.05) is 0 Å². The Kier molecular flexibility index (Phi) is 6.12. The van der Waals surface area contributed by atoms with Crippen molar-refractivity contribution in [3.05, 3.63) is 33.8 Å². The minimum Gasteiger partial charge on any atom is -0.242 e. The van der Waals surface area contributed by atoms with Crippen LogP contribution < -0.4 is 0 Å². The first kappa shape index (κ1) is 18.4. The van der Waals surface area contributed by atoms with Crippen molar-refractivity contribution in [1.29, 1.82) is 5.26 Å². The van der Waals surface area contributed by atoms with Crippen molar-refractivity contribution in [2.45, 2.75) is 65.2 Å². The highest BCUT2D eigenvalue weighted by molar-refractivity contribution is 7.11. The summed E-state index contributed by atoms with van der Waals surface area (Å²) >= 11 is 1.92. The maximum absolute atomic E-state index is 9.12. The van der Waals surface area contributed by atoms with Gasteiger partial charge in [-0.2, -0.15) is 5.26 Å². The van der Waals surface area contributed by atoms with E-state index in [1.54, 1.807) is 0 Å². The van der Waals surface area contributed by atoms with Gasteiger partial charge in [0.15, 0.2) is 0 Å². The summed E-state index contributed by atoms with van der Waals surface area (Å²) in [6.07, 6.45) is 14.2. The molecule has 3 heteroatoms. The highest BCUT2D eigenvalue weighted by Crippen LogP contribution is 2.38. The van der Waals surface area contributed by atoms with Crippen LogP contribution in [0.25, 0.3) is 6.08 Å². The first-order valence-corrected chi connectivity index (χ1v) is 10.6. The van der Waals surface area contributed by atoms with E-state index in [4.69, 9.17) is 10.2 Å². The summed E-state index contributed by atoms with van der Waals surface area (Å²) in [4.78, 5) is 6.35. The molecule has 0 spiro atoms. The summed E-state index contributed by atoms with van der Waals surface area (Å²) in [6, 6.07) is 2.26. The SMILES string of the molecule is C=C(C#N)CC(CCc1nc2c(s1)CC(C(C)C)C=C2)C1CCCC1. The van der Waals surface area contributed by atoms with E-state index in [2.05, 4.69) is 38.6 Å². The molecular weight excluding hydrogens is 324 g/mol. The third kappa shape index (κ3) is 4.61. The van der Waals surface area contributed by atoms with Crippen LogP contribution in [0.3, 0.4) is 0 Å². The van der Waals surface area contributed by atoms with Gasteiger partial charge in [0.1, 0.15) is 0 Å². The van der Waals surface area contributed by atoms with Crippen LogP contribution in [-0.4, -0.2) is 4.98 Å². The number of hydrogen-bond donors (Lipinski definition) is 0. The van der Waals surface area contributed by atoms with Gasteiger partial charge in [-0.15, -0.1) is 11.3 Å². The monoisotopic (exact) mass is 354 g/mol. The van der Waals surface area contributed by atoms with Crippen LogP contribution in [0.4, 0.5) is 0 Å². The Balaban J connectivity index is 1.63. The molecule has 25 heavy (non-hydrogen) atoms. The Bertz CT molecular complexity index is 671. The summed E-state index contributed by atoms with van der Waals surface area (Å²) in [6.45, 7) is 8.54. The van der Waals surface area contributed by atoms with Gasteiger partial charge in [-0.1, -0.05) is 52.2 Å². The predicted molar refractivity (Wildman–Crippen MR) is 106 cm³/mol. The summed E-state index contributed by atoms with van der Waals surface area (Å²) in [5.41, 5.74) is 1.95. The van der Waals surface area contributed by atoms with Crippen LogP contribution in [0.2, 0.25) is 0 Å². The van der Waals surface area contributed by atoms with Crippen LogP contribution >= 0.6 is 11.3 Å². The molecule has 2 atom stereocenters. The summed E-state index contributed by atoms with van der Waals surface area (Å²) < 4.78 is 0. The van der Waals surface area contributed by atoms with E-state index in [0.29, 0.717) is 17.8 Å². The smallest absolute Gasteiger partial charge is 0.0940 e. The quantitative estimate of drug-likeness (QED) is 0.547. The second-order valence-corrected chi connectivity index (χ2v) is 9.32. The fourth-order valence-corrected chi connectivity index (χ4v) is 5.50. The number of aryl methyl sites for hydroxylation is 1. The van der Waals surface area contributed by atoms with E-state index in [-0.39, 0.29) is 0 Å². The molecule has 2 aliphatic rings. The van der Waals surface area contributed by atoms with E-state index in [9.17, 15) is 0 Å². The molecule has 0 aliphatic heterocycles. The zero-order valence-corrected chi connectivity index (χ0v) is 16.4. The Labute approximate surface area is 156 Å². The second-order valence-electron chi connectivity index (χ2n) is 8.15. The molecule has 2 unspecified atom stereocenters. The minimum absolute atomic E-state index is 0.606. The van der Waals surface area contributed by atoms with Gasteiger partial charge in [-0.25, -0.2) is 4.98 Å². The number of nitrogens with zero attached hydrogens (tertiary/aromatic N) is 2. The maximum atomic E-state index is 9.12. The molecule has 134 valence electrons. The lowest BCUT2D eigenvalue weighted by atomic mass is 9.83. The average Bonchev–Trinajstić information content (AvgIpc) is 3.26. The molecule has 0 aromatic carbocycles. The summed E-state index contributed by atoms with van der Waals surface area (Å²) in [5, 5.41) is 10.4. The number of fused-ring (bicyclic) bond motifs is 1. The van der Waals surface area contributed by atoms with Gasteiger partial charge < -0.3 is 0 Å². The predicted octanol–water partition coefficient (Wildman–Crippen LogP) is 6.19. The zero-order chi connectivity index (χ0) is 17.8. The largest absolute Gasteiger partial charge is 0.242 e. The molecule has 2 aliphatic carbocycles. The van der Waals surface area contributed by atoms with E-state index >= 15 is 0 Å². The van der Waals surface area contributed by atoms with Crippen LogP contribution in [0.15, 0.2) is 18.2 Å². The summed E-state index contributed by atoms with van der Waals surface area (Å²) in [7, 11) is 0. The van der Waals surface area contributed by atoms with Gasteiger partial charge in [0.25, 0.3) is 0 Å². The van der Waals surface area contributed by atoms with Crippen molar-refractivity contribution in [3.8, 4) is 6.07 Å². The lowest BCUT2D eigenvalue weighted by molar-refractivity contribution is 0.318. The maximum Gasteiger partial charge on any atom is 0.0940 e. The lowest BCUT2D eigenvalue weighted by Gasteiger charge is -2.22.